The van der Waals surface area contributed by atoms with Gasteiger partial charge in [0, 0.05) is 5.69 Å². The second-order valence-electron chi connectivity index (χ2n) is 3.75. The van der Waals surface area contributed by atoms with Crippen LogP contribution in [0.4, 0.5) is 10.8 Å². The number of anilines is 2. The van der Waals surface area contributed by atoms with Gasteiger partial charge >= 0.3 is 0 Å². The zero-order valence-electron chi connectivity index (χ0n) is 10.1. The van der Waals surface area contributed by atoms with Gasteiger partial charge in [-0.25, -0.2) is 9.66 Å². The number of hydrogen-bond acceptors (Lipinski definition) is 6. The lowest BCUT2D eigenvalue weighted by molar-refractivity contribution is 0.879. The normalized spacial score (nSPS) is 11.1. The molecule has 0 fully saturated rings. The molecule has 0 amide bonds. The smallest absolute Gasteiger partial charge is 0.189 e. The maximum Gasteiger partial charge on any atom is 0.189 e. The Morgan fingerprint density at radius 2 is 1.95 bits per heavy atom. The van der Waals surface area contributed by atoms with Crippen LogP contribution in [-0.4, -0.2) is 26.1 Å². The topological polar surface area (TPSA) is 68.0 Å². The molecule has 0 unspecified atom stereocenters. The molecule has 0 saturated carbocycles. The molecule has 0 aliphatic carbocycles. The predicted octanol–water partition coefficient (Wildman–Crippen LogP) is 3.01. The molecule has 2 aromatic heterocycles. The monoisotopic (exact) mass is 304 g/mol. The number of nitrogens with one attached hydrogen (secondary N) is 1. The highest BCUT2D eigenvalue weighted by Crippen LogP contribution is 2.27. The van der Waals surface area contributed by atoms with E-state index in [1.54, 1.807) is 6.21 Å². The molecule has 6 nitrogen and oxygen atoms in total. The number of thiazole rings is 1. The van der Waals surface area contributed by atoms with Crippen molar-refractivity contribution in [1.82, 2.24) is 19.9 Å². The Bertz CT molecular complexity index is 707. The fourth-order valence-corrected chi connectivity index (χ4v) is 2.51. The minimum atomic E-state index is 0.408. The van der Waals surface area contributed by atoms with Gasteiger partial charge in [0.2, 0.25) is 0 Å². The van der Waals surface area contributed by atoms with E-state index in [1.807, 2.05) is 30.3 Å². The minimum absolute atomic E-state index is 0.408. The standard InChI is InChI=1S/C12H9ClN6S/c13-11-10(6-16-19-7-14-15-8-19)20-12(18-11)17-9-4-2-1-3-5-9/h1-8H,(H,17,18). The molecule has 3 aromatic rings. The van der Waals surface area contributed by atoms with Crippen molar-refractivity contribution >= 4 is 40.0 Å². The van der Waals surface area contributed by atoms with E-state index in [2.05, 4.69) is 25.6 Å². The molecule has 0 spiro atoms. The third-order valence-corrected chi connectivity index (χ3v) is 3.66. The van der Waals surface area contributed by atoms with E-state index in [-0.39, 0.29) is 0 Å². The summed E-state index contributed by atoms with van der Waals surface area (Å²) in [4.78, 5) is 5.01. The van der Waals surface area contributed by atoms with Crippen LogP contribution in [-0.2, 0) is 0 Å². The molecule has 1 aromatic carbocycles. The largest absolute Gasteiger partial charge is 0.331 e. The predicted molar refractivity (Wildman–Crippen MR) is 79.9 cm³/mol. The molecule has 2 heterocycles. The summed E-state index contributed by atoms with van der Waals surface area (Å²) in [7, 11) is 0. The lowest BCUT2D eigenvalue weighted by Gasteiger charge is -1.99. The zero-order valence-corrected chi connectivity index (χ0v) is 11.7. The van der Waals surface area contributed by atoms with E-state index in [0.29, 0.717) is 10.3 Å². The van der Waals surface area contributed by atoms with Crippen molar-refractivity contribution in [1.29, 1.82) is 0 Å². The van der Waals surface area contributed by atoms with E-state index in [9.17, 15) is 0 Å². The number of halogens is 1. The molecule has 100 valence electrons. The Balaban J connectivity index is 1.77. The fourth-order valence-electron chi connectivity index (χ4n) is 1.47. The zero-order chi connectivity index (χ0) is 13.8. The molecular weight excluding hydrogens is 296 g/mol. The van der Waals surface area contributed by atoms with Crippen LogP contribution in [0, 0.1) is 0 Å². The van der Waals surface area contributed by atoms with Crippen LogP contribution in [0.5, 0.6) is 0 Å². The summed E-state index contributed by atoms with van der Waals surface area (Å²) in [6.45, 7) is 0. The van der Waals surface area contributed by atoms with Gasteiger partial charge in [0.25, 0.3) is 0 Å². The van der Waals surface area contributed by atoms with Gasteiger partial charge in [0.05, 0.1) is 11.1 Å². The first-order valence-corrected chi connectivity index (χ1v) is 6.88. The molecule has 8 heteroatoms. The summed E-state index contributed by atoms with van der Waals surface area (Å²) in [5.41, 5.74) is 0.959. The summed E-state index contributed by atoms with van der Waals surface area (Å²) in [5.74, 6) is 0. The van der Waals surface area contributed by atoms with Crippen LogP contribution < -0.4 is 5.32 Å². The average molecular weight is 305 g/mol. The van der Waals surface area contributed by atoms with Gasteiger partial charge in [-0.3, -0.25) is 0 Å². The van der Waals surface area contributed by atoms with Gasteiger partial charge in [-0.2, -0.15) is 5.10 Å². The molecule has 0 atom stereocenters. The van der Waals surface area contributed by atoms with E-state index in [0.717, 1.165) is 10.6 Å². The number of nitrogens with zero attached hydrogens (tertiary/aromatic N) is 5. The van der Waals surface area contributed by atoms with Crippen LogP contribution in [0.25, 0.3) is 0 Å². The Labute approximate surface area is 123 Å². The molecule has 1 N–H and O–H groups in total. The first kappa shape index (κ1) is 12.8. The second kappa shape index (κ2) is 5.81. The van der Waals surface area contributed by atoms with Gasteiger partial charge in [-0.05, 0) is 12.1 Å². The fraction of sp³-hybridized carbons (Fsp3) is 0. The molecule has 3 rings (SSSR count). The second-order valence-corrected chi connectivity index (χ2v) is 5.14. The van der Waals surface area contributed by atoms with Gasteiger partial charge < -0.3 is 5.32 Å². The Kier molecular flexibility index (Phi) is 3.71. The first-order valence-electron chi connectivity index (χ1n) is 5.68. The SMILES string of the molecule is Clc1nc(Nc2ccccc2)sc1C=Nn1cnnc1. The maximum absolute atomic E-state index is 6.08. The number of aromatic nitrogens is 4. The summed E-state index contributed by atoms with van der Waals surface area (Å²) < 4.78 is 1.49. The quantitative estimate of drug-likeness (QED) is 0.752. The third-order valence-electron chi connectivity index (χ3n) is 2.35. The van der Waals surface area contributed by atoms with Gasteiger partial charge in [0.15, 0.2) is 10.3 Å². The number of benzene rings is 1. The van der Waals surface area contributed by atoms with Crippen molar-refractivity contribution in [3.63, 3.8) is 0 Å². The minimum Gasteiger partial charge on any atom is -0.331 e. The maximum atomic E-state index is 6.08. The Morgan fingerprint density at radius 1 is 1.20 bits per heavy atom. The highest BCUT2D eigenvalue weighted by molar-refractivity contribution is 7.17. The Hall–Kier alpha value is -2.25. The number of hydrogen-bond donors (Lipinski definition) is 1. The van der Waals surface area contributed by atoms with Crippen LogP contribution in [0.15, 0.2) is 48.1 Å². The first-order chi connectivity index (χ1) is 9.81. The molecular formula is C12H9ClN6S. The highest BCUT2D eigenvalue weighted by Gasteiger charge is 2.07. The summed E-state index contributed by atoms with van der Waals surface area (Å²) >= 11 is 7.50. The van der Waals surface area contributed by atoms with Crippen LogP contribution in [0.3, 0.4) is 0 Å². The molecule has 0 radical (unpaired) electrons. The lowest BCUT2D eigenvalue weighted by Crippen LogP contribution is -1.87. The van der Waals surface area contributed by atoms with E-state index in [4.69, 9.17) is 11.6 Å². The Morgan fingerprint density at radius 3 is 2.70 bits per heavy atom. The van der Waals surface area contributed by atoms with E-state index >= 15 is 0 Å². The lowest BCUT2D eigenvalue weighted by atomic mass is 10.3. The van der Waals surface area contributed by atoms with Crippen molar-refractivity contribution in [2.24, 2.45) is 5.10 Å². The molecule has 0 aliphatic rings. The van der Waals surface area contributed by atoms with Crippen molar-refractivity contribution in [2.75, 3.05) is 5.32 Å². The van der Waals surface area contributed by atoms with E-state index in [1.165, 1.54) is 28.7 Å². The van der Waals surface area contributed by atoms with Crippen molar-refractivity contribution in [3.05, 3.63) is 53.0 Å². The van der Waals surface area contributed by atoms with Crippen LogP contribution in [0.1, 0.15) is 4.88 Å². The number of para-hydroxylation sites is 1. The molecule has 20 heavy (non-hydrogen) atoms. The summed E-state index contributed by atoms with van der Waals surface area (Å²) in [6, 6.07) is 9.77. The number of rotatable bonds is 4. The third kappa shape index (κ3) is 3.01. The van der Waals surface area contributed by atoms with Gasteiger partial charge in [0.1, 0.15) is 12.7 Å². The van der Waals surface area contributed by atoms with Gasteiger partial charge in [-0.1, -0.05) is 41.1 Å². The molecule has 0 aliphatic heterocycles. The van der Waals surface area contributed by atoms with Crippen LogP contribution >= 0.6 is 22.9 Å². The molecule has 0 saturated heterocycles. The van der Waals surface area contributed by atoms with Gasteiger partial charge in [-0.15, -0.1) is 10.2 Å². The van der Waals surface area contributed by atoms with Crippen molar-refractivity contribution < 1.29 is 0 Å². The van der Waals surface area contributed by atoms with Crippen LogP contribution in [0.2, 0.25) is 5.15 Å². The summed E-state index contributed by atoms with van der Waals surface area (Å²) in [5, 5.41) is 15.8. The summed E-state index contributed by atoms with van der Waals surface area (Å²) in [6.07, 6.45) is 4.61. The molecule has 0 bridgehead atoms. The van der Waals surface area contributed by atoms with Crippen molar-refractivity contribution in [3.8, 4) is 0 Å². The highest BCUT2D eigenvalue weighted by atomic mass is 35.5. The van der Waals surface area contributed by atoms with E-state index < -0.39 is 0 Å². The van der Waals surface area contributed by atoms with Crippen molar-refractivity contribution in [2.45, 2.75) is 0 Å². The average Bonchev–Trinajstić information content (AvgIpc) is 3.08.